The molecular formula is C21H26N2O5S2. The fraction of sp³-hybridized carbons (Fsp3) is 0.476. The van der Waals surface area contributed by atoms with Gasteiger partial charge < -0.3 is 14.8 Å². The summed E-state index contributed by atoms with van der Waals surface area (Å²) in [5, 5.41) is 2.89. The second-order valence-corrected chi connectivity index (χ2v) is 10.9. The molecule has 3 heterocycles. The number of rotatable bonds is 7. The second kappa shape index (κ2) is 8.56. The maximum Gasteiger partial charge on any atom is 0.252 e. The minimum Gasteiger partial charge on any atom is -0.492 e. The summed E-state index contributed by atoms with van der Waals surface area (Å²) in [5.74, 6) is 1.15. The maximum absolute atomic E-state index is 12.7. The molecule has 2 aliphatic heterocycles. The lowest BCUT2D eigenvalue weighted by atomic mass is 10.1. The highest BCUT2D eigenvalue weighted by molar-refractivity contribution is 7.91. The number of anilines is 1. The molecule has 1 aromatic heterocycles. The van der Waals surface area contributed by atoms with Crippen LogP contribution in [0.1, 0.15) is 37.1 Å². The van der Waals surface area contributed by atoms with Crippen molar-refractivity contribution in [1.29, 1.82) is 0 Å². The number of nitrogens with one attached hydrogen (secondary N) is 1. The van der Waals surface area contributed by atoms with Crippen LogP contribution >= 0.6 is 11.3 Å². The van der Waals surface area contributed by atoms with E-state index < -0.39 is 10.0 Å². The normalized spacial score (nSPS) is 18.8. The van der Waals surface area contributed by atoms with Crippen molar-refractivity contribution >= 4 is 33.0 Å². The molecule has 0 aliphatic carbocycles. The first kappa shape index (κ1) is 21.1. The SMILES string of the molecule is CCOc1cc2c(cc1NC(=O)Cc1ccc(S(=O)(=O)N3CCCC3)s1)OC(C)C2. The molecule has 0 radical (unpaired) electrons. The smallest absolute Gasteiger partial charge is 0.252 e. The maximum atomic E-state index is 12.7. The van der Waals surface area contributed by atoms with E-state index in [0.29, 0.717) is 40.2 Å². The first-order valence-electron chi connectivity index (χ1n) is 10.2. The zero-order valence-electron chi connectivity index (χ0n) is 17.1. The van der Waals surface area contributed by atoms with Gasteiger partial charge in [-0.15, -0.1) is 11.3 Å². The van der Waals surface area contributed by atoms with Crippen molar-refractivity contribution in [3.8, 4) is 11.5 Å². The van der Waals surface area contributed by atoms with Crippen LogP contribution < -0.4 is 14.8 Å². The van der Waals surface area contributed by atoms with Crippen molar-refractivity contribution in [1.82, 2.24) is 4.31 Å². The number of nitrogens with zero attached hydrogens (tertiary/aromatic N) is 1. The molecule has 1 unspecified atom stereocenters. The van der Waals surface area contributed by atoms with Gasteiger partial charge in [-0.05, 0) is 44.9 Å². The third kappa shape index (κ3) is 4.33. The molecular weight excluding hydrogens is 424 g/mol. The van der Waals surface area contributed by atoms with Gasteiger partial charge in [0.05, 0.1) is 18.7 Å². The van der Waals surface area contributed by atoms with Gasteiger partial charge in [-0.2, -0.15) is 4.31 Å². The summed E-state index contributed by atoms with van der Waals surface area (Å²) in [6.45, 7) is 5.51. The zero-order chi connectivity index (χ0) is 21.3. The standard InChI is InChI=1S/C21H26N2O5S2/c1-3-27-19-11-15-10-14(2)28-18(15)13-17(19)22-20(24)12-16-6-7-21(29-16)30(25,26)23-8-4-5-9-23/h6-7,11,13-14H,3-5,8-10,12H2,1-2H3,(H,22,24). The third-order valence-electron chi connectivity index (χ3n) is 5.20. The van der Waals surface area contributed by atoms with Crippen LogP contribution in [-0.4, -0.2) is 44.4 Å². The highest BCUT2D eigenvalue weighted by Gasteiger charge is 2.29. The van der Waals surface area contributed by atoms with Gasteiger partial charge in [-0.3, -0.25) is 4.79 Å². The summed E-state index contributed by atoms with van der Waals surface area (Å²) in [5.41, 5.74) is 1.63. The Balaban J connectivity index is 1.47. The van der Waals surface area contributed by atoms with Crippen LogP contribution in [-0.2, 0) is 27.7 Å². The highest BCUT2D eigenvalue weighted by atomic mass is 32.2. The number of amides is 1. The summed E-state index contributed by atoms with van der Waals surface area (Å²) < 4.78 is 38.7. The number of thiophene rings is 1. The molecule has 2 aliphatic rings. The number of ether oxygens (including phenoxy) is 2. The van der Waals surface area contributed by atoms with Crippen molar-refractivity contribution in [3.05, 3.63) is 34.7 Å². The Kier molecular flexibility index (Phi) is 6.04. The van der Waals surface area contributed by atoms with E-state index in [1.54, 1.807) is 18.2 Å². The Morgan fingerprint density at radius 3 is 2.80 bits per heavy atom. The van der Waals surface area contributed by atoms with Crippen molar-refractivity contribution in [2.75, 3.05) is 25.0 Å². The Morgan fingerprint density at radius 2 is 2.07 bits per heavy atom. The zero-order valence-corrected chi connectivity index (χ0v) is 18.8. The van der Waals surface area contributed by atoms with Gasteiger partial charge in [0.2, 0.25) is 5.91 Å². The van der Waals surface area contributed by atoms with Crippen molar-refractivity contribution in [3.63, 3.8) is 0 Å². The predicted octanol–water partition coefficient (Wildman–Crippen LogP) is 3.44. The fourth-order valence-corrected chi connectivity index (χ4v) is 6.84. The van der Waals surface area contributed by atoms with Crippen molar-refractivity contribution < 1.29 is 22.7 Å². The molecule has 30 heavy (non-hydrogen) atoms. The third-order valence-corrected chi connectivity index (χ3v) is 8.65. The predicted molar refractivity (Wildman–Crippen MR) is 116 cm³/mol. The Hall–Kier alpha value is -2.10. The molecule has 1 saturated heterocycles. The van der Waals surface area contributed by atoms with Crippen LogP contribution in [0.15, 0.2) is 28.5 Å². The van der Waals surface area contributed by atoms with Gasteiger partial charge >= 0.3 is 0 Å². The van der Waals surface area contributed by atoms with E-state index in [4.69, 9.17) is 9.47 Å². The quantitative estimate of drug-likeness (QED) is 0.699. The van der Waals surface area contributed by atoms with E-state index >= 15 is 0 Å². The number of carbonyl (C=O) groups excluding carboxylic acids is 1. The molecule has 0 spiro atoms. The summed E-state index contributed by atoms with van der Waals surface area (Å²) in [6, 6.07) is 7.03. The Labute approximate surface area is 181 Å². The topological polar surface area (TPSA) is 84.9 Å². The van der Waals surface area contributed by atoms with E-state index in [0.717, 1.165) is 41.9 Å². The molecule has 162 valence electrons. The minimum absolute atomic E-state index is 0.0973. The van der Waals surface area contributed by atoms with E-state index in [9.17, 15) is 13.2 Å². The number of carbonyl (C=O) groups is 1. The first-order chi connectivity index (χ1) is 14.4. The Bertz CT molecular complexity index is 1040. The van der Waals surface area contributed by atoms with Crippen molar-refractivity contribution in [2.45, 2.75) is 49.8 Å². The number of hydrogen-bond donors (Lipinski definition) is 1. The van der Waals surface area contributed by atoms with Gasteiger partial charge in [0.25, 0.3) is 10.0 Å². The van der Waals surface area contributed by atoms with Gasteiger partial charge in [-0.1, -0.05) is 0 Å². The lowest BCUT2D eigenvalue weighted by molar-refractivity contribution is -0.115. The van der Waals surface area contributed by atoms with E-state index in [-0.39, 0.29) is 18.4 Å². The van der Waals surface area contributed by atoms with Gasteiger partial charge in [0, 0.05) is 36.0 Å². The summed E-state index contributed by atoms with van der Waals surface area (Å²) in [7, 11) is -3.46. The lowest BCUT2D eigenvalue weighted by Gasteiger charge is -2.14. The number of benzene rings is 1. The molecule has 9 heteroatoms. The second-order valence-electron chi connectivity index (χ2n) is 7.58. The summed E-state index contributed by atoms with van der Waals surface area (Å²) in [4.78, 5) is 13.4. The van der Waals surface area contributed by atoms with E-state index in [1.165, 1.54) is 4.31 Å². The van der Waals surface area contributed by atoms with Crippen LogP contribution in [0.4, 0.5) is 5.69 Å². The molecule has 0 bridgehead atoms. The van der Waals surface area contributed by atoms with Crippen LogP contribution in [0, 0.1) is 0 Å². The first-order valence-corrected chi connectivity index (χ1v) is 12.5. The highest BCUT2D eigenvalue weighted by Crippen LogP contribution is 2.38. The Morgan fingerprint density at radius 1 is 1.30 bits per heavy atom. The fourth-order valence-electron chi connectivity index (χ4n) is 3.81. The molecule has 1 N–H and O–H groups in total. The van der Waals surface area contributed by atoms with E-state index in [2.05, 4.69) is 5.32 Å². The molecule has 4 rings (SSSR count). The van der Waals surface area contributed by atoms with E-state index in [1.807, 2.05) is 19.9 Å². The van der Waals surface area contributed by atoms with Crippen LogP contribution in [0.3, 0.4) is 0 Å². The van der Waals surface area contributed by atoms with Crippen LogP contribution in [0.5, 0.6) is 11.5 Å². The van der Waals surface area contributed by atoms with Gasteiger partial charge in [0.1, 0.15) is 21.8 Å². The largest absolute Gasteiger partial charge is 0.492 e. The number of sulfonamides is 1. The average Bonchev–Trinajstić information content (AvgIpc) is 3.42. The summed E-state index contributed by atoms with van der Waals surface area (Å²) in [6.07, 6.45) is 2.80. The number of hydrogen-bond acceptors (Lipinski definition) is 6. The molecule has 0 saturated carbocycles. The van der Waals surface area contributed by atoms with Crippen LogP contribution in [0.25, 0.3) is 0 Å². The number of fused-ring (bicyclic) bond motifs is 1. The monoisotopic (exact) mass is 450 g/mol. The average molecular weight is 451 g/mol. The molecule has 1 atom stereocenters. The molecule has 7 nitrogen and oxygen atoms in total. The molecule has 2 aromatic rings. The summed E-state index contributed by atoms with van der Waals surface area (Å²) >= 11 is 1.15. The van der Waals surface area contributed by atoms with Crippen molar-refractivity contribution in [2.24, 2.45) is 0 Å². The minimum atomic E-state index is -3.46. The van der Waals surface area contributed by atoms with Gasteiger partial charge in [-0.25, -0.2) is 8.42 Å². The lowest BCUT2D eigenvalue weighted by Crippen LogP contribution is -2.27. The van der Waals surface area contributed by atoms with Gasteiger partial charge in [0.15, 0.2) is 0 Å². The molecule has 1 aromatic carbocycles. The molecule has 1 amide bonds. The van der Waals surface area contributed by atoms with Crippen LogP contribution in [0.2, 0.25) is 0 Å². The molecule has 1 fully saturated rings.